The molecule has 0 N–H and O–H groups in total. The number of nitrogens with zero attached hydrogens (tertiary/aromatic N) is 2. The maximum atomic E-state index is 11.9. The van der Waals surface area contributed by atoms with Crippen LogP contribution in [-0.4, -0.2) is 32.7 Å². The molecule has 5 heteroatoms. The van der Waals surface area contributed by atoms with Gasteiger partial charge in [-0.3, -0.25) is 0 Å². The summed E-state index contributed by atoms with van der Waals surface area (Å²) < 4.78 is 23.7. The van der Waals surface area contributed by atoms with Crippen LogP contribution in [0.2, 0.25) is 0 Å². The zero-order valence-corrected chi connectivity index (χ0v) is 12.1. The Balaban J connectivity index is 1.92. The van der Waals surface area contributed by atoms with E-state index in [2.05, 4.69) is 9.88 Å². The molecule has 1 saturated carbocycles. The lowest BCUT2D eigenvalue weighted by Crippen LogP contribution is -2.26. The first kappa shape index (κ1) is 12.9. The molecule has 1 spiro atoms. The van der Waals surface area contributed by atoms with Crippen molar-refractivity contribution in [2.75, 3.05) is 24.2 Å². The van der Waals surface area contributed by atoms with Gasteiger partial charge in [-0.1, -0.05) is 12.8 Å². The van der Waals surface area contributed by atoms with E-state index in [1.54, 1.807) is 18.3 Å². The summed E-state index contributed by atoms with van der Waals surface area (Å²) in [5.74, 6) is 0.647. The Hall–Kier alpha value is -1.10. The van der Waals surface area contributed by atoms with Gasteiger partial charge < -0.3 is 4.90 Å². The van der Waals surface area contributed by atoms with Gasteiger partial charge in [-0.2, -0.15) is 0 Å². The largest absolute Gasteiger partial charge is 0.355 e. The number of hydrogen-bond acceptors (Lipinski definition) is 4. The van der Waals surface area contributed by atoms with E-state index in [4.69, 9.17) is 0 Å². The molecule has 2 heterocycles. The maximum Gasteiger partial charge on any atom is 0.179 e. The van der Waals surface area contributed by atoms with Crippen molar-refractivity contribution in [2.45, 2.75) is 37.0 Å². The summed E-state index contributed by atoms with van der Waals surface area (Å²) in [7, 11) is -3.21. The highest BCUT2D eigenvalue weighted by Gasteiger charge is 2.41. The van der Waals surface area contributed by atoms with Gasteiger partial charge in [-0.25, -0.2) is 13.4 Å². The van der Waals surface area contributed by atoms with Crippen molar-refractivity contribution in [3.05, 3.63) is 18.3 Å². The number of aromatic nitrogens is 1. The summed E-state index contributed by atoms with van der Waals surface area (Å²) >= 11 is 0. The van der Waals surface area contributed by atoms with Crippen LogP contribution in [0.25, 0.3) is 0 Å². The first-order valence-corrected chi connectivity index (χ1v) is 8.79. The number of hydrogen-bond donors (Lipinski definition) is 0. The van der Waals surface area contributed by atoms with Crippen molar-refractivity contribution < 1.29 is 8.42 Å². The second-order valence-corrected chi connectivity index (χ2v) is 7.96. The lowest BCUT2D eigenvalue weighted by molar-refractivity contribution is 0.340. The Morgan fingerprint density at radius 3 is 2.68 bits per heavy atom. The first-order chi connectivity index (χ1) is 9.00. The van der Waals surface area contributed by atoms with Gasteiger partial charge >= 0.3 is 0 Å². The quantitative estimate of drug-likeness (QED) is 0.834. The average molecular weight is 280 g/mol. The molecule has 3 rings (SSSR count). The van der Waals surface area contributed by atoms with E-state index in [0.717, 1.165) is 13.1 Å². The van der Waals surface area contributed by atoms with Crippen molar-refractivity contribution in [1.82, 2.24) is 4.98 Å². The first-order valence-electron chi connectivity index (χ1n) is 6.90. The van der Waals surface area contributed by atoms with E-state index >= 15 is 0 Å². The van der Waals surface area contributed by atoms with Crippen LogP contribution in [-0.2, 0) is 9.84 Å². The molecule has 0 bridgehead atoms. The fraction of sp³-hybridized carbons (Fsp3) is 0.643. The number of sulfone groups is 1. The van der Waals surface area contributed by atoms with Gasteiger partial charge in [-0.15, -0.1) is 0 Å². The maximum absolute atomic E-state index is 11.9. The summed E-state index contributed by atoms with van der Waals surface area (Å²) in [5.41, 5.74) is 0.423. The number of rotatable bonds is 2. The van der Waals surface area contributed by atoms with Crippen LogP contribution in [0.1, 0.15) is 32.1 Å². The van der Waals surface area contributed by atoms with Crippen LogP contribution >= 0.6 is 0 Å². The predicted molar refractivity (Wildman–Crippen MR) is 75.1 cm³/mol. The van der Waals surface area contributed by atoms with Crippen molar-refractivity contribution in [2.24, 2.45) is 5.41 Å². The Morgan fingerprint density at radius 1 is 1.26 bits per heavy atom. The number of pyridine rings is 1. The van der Waals surface area contributed by atoms with Gasteiger partial charge in [0.2, 0.25) is 0 Å². The predicted octanol–water partition coefficient (Wildman–Crippen LogP) is 2.26. The van der Waals surface area contributed by atoms with Gasteiger partial charge in [0.25, 0.3) is 0 Å². The minimum absolute atomic E-state index is 0.366. The highest BCUT2D eigenvalue weighted by Crippen LogP contribution is 2.46. The molecule has 1 aromatic heterocycles. The molecular weight excluding hydrogens is 260 g/mol. The lowest BCUT2D eigenvalue weighted by atomic mass is 9.86. The van der Waals surface area contributed by atoms with Crippen LogP contribution in [0.3, 0.4) is 0 Å². The second-order valence-electron chi connectivity index (χ2n) is 5.98. The minimum Gasteiger partial charge on any atom is -0.355 e. The lowest BCUT2D eigenvalue weighted by Gasteiger charge is -2.24. The molecule has 0 amide bonds. The summed E-state index contributed by atoms with van der Waals surface area (Å²) in [6, 6.07) is 3.36. The van der Waals surface area contributed by atoms with E-state index in [1.807, 2.05) is 0 Å². The van der Waals surface area contributed by atoms with Gasteiger partial charge in [0.1, 0.15) is 10.7 Å². The van der Waals surface area contributed by atoms with Gasteiger partial charge in [0.15, 0.2) is 9.84 Å². The molecule has 104 valence electrons. The van der Waals surface area contributed by atoms with Gasteiger partial charge in [0.05, 0.1) is 0 Å². The zero-order valence-electron chi connectivity index (χ0n) is 11.3. The van der Waals surface area contributed by atoms with E-state index in [0.29, 0.717) is 16.1 Å². The van der Waals surface area contributed by atoms with E-state index < -0.39 is 9.84 Å². The Kier molecular flexibility index (Phi) is 3.04. The smallest absolute Gasteiger partial charge is 0.179 e. The van der Waals surface area contributed by atoms with Crippen molar-refractivity contribution in [3.63, 3.8) is 0 Å². The van der Waals surface area contributed by atoms with Gasteiger partial charge in [0, 0.05) is 25.5 Å². The fourth-order valence-corrected chi connectivity index (χ4v) is 4.40. The topological polar surface area (TPSA) is 50.3 Å². The highest BCUT2D eigenvalue weighted by atomic mass is 32.2. The molecule has 2 aliphatic rings. The molecule has 1 aliphatic carbocycles. The van der Waals surface area contributed by atoms with Crippen LogP contribution in [0, 0.1) is 5.41 Å². The summed E-state index contributed by atoms with van der Waals surface area (Å²) in [6.07, 6.45) is 9.31. The fourth-order valence-electron chi connectivity index (χ4n) is 3.56. The Bertz CT molecular complexity index is 577. The molecule has 1 aromatic rings. The van der Waals surface area contributed by atoms with E-state index in [-0.39, 0.29) is 0 Å². The summed E-state index contributed by atoms with van der Waals surface area (Å²) in [4.78, 5) is 6.86. The molecule has 1 aliphatic heterocycles. The molecule has 2 fully saturated rings. The molecule has 1 saturated heterocycles. The Labute approximate surface area is 114 Å². The van der Waals surface area contributed by atoms with Crippen LogP contribution in [0.15, 0.2) is 23.2 Å². The average Bonchev–Trinajstić information content (AvgIpc) is 2.99. The molecular formula is C14H20N2O2S. The van der Waals surface area contributed by atoms with E-state index in [9.17, 15) is 8.42 Å². The third-order valence-corrected chi connectivity index (χ3v) is 5.67. The summed E-state index contributed by atoms with van der Waals surface area (Å²) in [5, 5.41) is 0. The standard InChI is InChI=1S/C14H20N2O2S/c1-19(17,18)12-5-4-9-15-13(12)16-10-8-14(11-16)6-2-3-7-14/h4-5,9H,2-3,6-8,10-11H2,1H3. The van der Waals surface area contributed by atoms with E-state index in [1.165, 1.54) is 38.4 Å². The molecule has 0 atom stereocenters. The zero-order chi connectivity index (χ0) is 13.5. The Morgan fingerprint density at radius 2 is 2.00 bits per heavy atom. The second kappa shape index (κ2) is 4.47. The van der Waals surface area contributed by atoms with Gasteiger partial charge in [-0.05, 0) is 36.8 Å². The van der Waals surface area contributed by atoms with Crippen LogP contribution in [0.4, 0.5) is 5.82 Å². The highest BCUT2D eigenvalue weighted by molar-refractivity contribution is 7.90. The molecule has 0 unspecified atom stereocenters. The van der Waals surface area contributed by atoms with Crippen molar-refractivity contribution in [3.8, 4) is 0 Å². The molecule has 0 radical (unpaired) electrons. The normalized spacial score (nSPS) is 22.3. The third-order valence-electron chi connectivity index (χ3n) is 4.55. The SMILES string of the molecule is CS(=O)(=O)c1cccnc1N1CCC2(CCCC2)C1. The monoisotopic (exact) mass is 280 g/mol. The molecule has 4 nitrogen and oxygen atoms in total. The summed E-state index contributed by atoms with van der Waals surface area (Å²) in [6.45, 7) is 1.89. The minimum atomic E-state index is -3.21. The van der Waals surface area contributed by atoms with Crippen molar-refractivity contribution >= 4 is 15.7 Å². The number of anilines is 1. The third kappa shape index (κ3) is 2.36. The molecule has 19 heavy (non-hydrogen) atoms. The van der Waals surface area contributed by atoms with Crippen LogP contribution < -0.4 is 4.90 Å². The van der Waals surface area contributed by atoms with Crippen molar-refractivity contribution in [1.29, 1.82) is 0 Å². The van der Waals surface area contributed by atoms with Crippen LogP contribution in [0.5, 0.6) is 0 Å². The molecule has 0 aromatic carbocycles.